The number of benzene rings is 1. The van der Waals surface area contributed by atoms with Crippen LogP contribution in [0.2, 0.25) is 0 Å². The van der Waals surface area contributed by atoms with Gasteiger partial charge < -0.3 is 4.90 Å². The minimum Gasteiger partial charge on any atom is -0.300 e. The second-order valence-corrected chi connectivity index (χ2v) is 4.65. The summed E-state index contributed by atoms with van der Waals surface area (Å²) in [6.45, 7) is 7.96. The summed E-state index contributed by atoms with van der Waals surface area (Å²) in [5, 5.41) is 0. The molecule has 18 heavy (non-hydrogen) atoms. The van der Waals surface area contributed by atoms with E-state index >= 15 is 0 Å². The van der Waals surface area contributed by atoms with Gasteiger partial charge in [0.25, 0.3) is 0 Å². The highest BCUT2D eigenvalue weighted by Gasteiger charge is 2.23. The van der Waals surface area contributed by atoms with Gasteiger partial charge in [-0.25, -0.2) is 5.84 Å². The third-order valence-electron chi connectivity index (χ3n) is 3.21. The molecule has 1 amide bonds. The average Bonchev–Trinajstić information content (AvgIpc) is 2.39. The number of hydrogen-bond donors (Lipinski definition) is 2. The van der Waals surface area contributed by atoms with Crippen molar-refractivity contribution in [3.05, 3.63) is 35.9 Å². The van der Waals surface area contributed by atoms with E-state index in [0.29, 0.717) is 12.6 Å². The van der Waals surface area contributed by atoms with Crippen LogP contribution in [0, 0.1) is 0 Å². The molecule has 4 heteroatoms. The van der Waals surface area contributed by atoms with Gasteiger partial charge in [-0.05, 0) is 26.0 Å². The molecule has 1 rings (SSSR count). The van der Waals surface area contributed by atoms with Gasteiger partial charge >= 0.3 is 0 Å². The largest absolute Gasteiger partial charge is 0.300 e. The SMILES string of the molecule is CCN(CC(C(=O)NN)c1ccccc1)C(C)C. The van der Waals surface area contributed by atoms with E-state index < -0.39 is 0 Å². The lowest BCUT2D eigenvalue weighted by molar-refractivity contribution is -0.123. The van der Waals surface area contributed by atoms with Crippen LogP contribution in [0.4, 0.5) is 0 Å². The molecule has 0 aliphatic carbocycles. The van der Waals surface area contributed by atoms with Gasteiger partial charge in [-0.2, -0.15) is 0 Å². The molecule has 0 aromatic heterocycles. The zero-order valence-electron chi connectivity index (χ0n) is 11.4. The Hall–Kier alpha value is -1.39. The third kappa shape index (κ3) is 3.82. The van der Waals surface area contributed by atoms with E-state index in [2.05, 4.69) is 31.1 Å². The van der Waals surface area contributed by atoms with E-state index in [1.165, 1.54) is 0 Å². The molecule has 0 heterocycles. The van der Waals surface area contributed by atoms with Crippen molar-refractivity contribution >= 4 is 5.91 Å². The van der Waals surface area contributed by atoms with Gasteiger partial charge in [-0.1, -0.05) is 37.3 Å². The molecular formula is C14H23N3O. The van der Waals surface area contributed by atoms with Crippen LogP contribution in [-0.2, 0) is 4.79 Å². The van der Waals surface area contributed by atoms with Crippen molar-refractivity contribution in [2.24, 2.45) is 5.84 Å². The van der Waals surface area contributed by atoms with Crippen LogP contribution in [0.15, 0.2) is 30.3 Å². The summed E-state index contributed by atoms with van der Waals surface area (Å²) in [4.78, 5) is 14.2. The van der Waals surface area contributed by atoms with Crippen LogP contribution in [0.5, 0.6) is 0 Å². The minimum atomic E-state index is -0.224. The number of nitrogens with one attached hydrogen (secondary N) is 1. The Morgan fingerprint density at radius 2 is 1.94 bits per heavy atom. The Balaban J connectivity index is 2.89. The standard InChI is InChI=1S/C14H23N3O/c1-4-17(11(2)3)10-13(14(18)16-15)12-8-6-5-7-9-12/h5-9,11,13H,4,10,15H2,1-3H3,(H,16,18). The number of carbonyl (C=O) groups is 1. The first-order chi connectivity index (χ1) is 8.60. The van der Waals surface area contributed by atoms with Crippen LogP contribution in [0.25, 0.3) is 0 Å². The van der Waals surface area contributed by atoms with E-state index in [-0.39, 0.29) is 11.8 Å². The van der Waals surface area contributed by atoms with Crippen molar-refractivity contribution in [2.45, 2.75) is 32.7 Å². The molecule has 0 fully saturated rings. The van der Waals surface area contributed by atoms with Gasteiger partial charge in [0.1, 0.15) is 0 Å². The Bertz CT molecular complexity index is 365. The fourth-order valence-corrected chi connectivity index (χ4v) is 2.07. The first kappa shape index (κ1) is 14.7. The van der Waals surface area contributed by atoms with Crippen molar-refractivity contribution in [2.75, 3.05) is 13.1 Å². The maximum absolute atomic E-state index is 11.9. The highest BCUT2D eigenvalue weighted by atomic mass is 16.2. The Kier molecular flexibility index (Phi) is 5.82. The number of rotatable bonds is 6. The van der Waals surface area contributed by atoms with Crippen LogP contribution in [-0.4, -0.2) is 29.9 Å². The summed E-state index contributed by atoms with van der Waals surface area (Å²) in [6, 6.07) is 10.2. The van der Waals surface area contributed by atoms with Crippen molar-refractivity contribution in [3.63, 3.8) is 0 Å². The molecule has 1 aromatic rings. The molecule has 0 saturated heterocycles. The van der Waals surface area contributed by atoms with E-state index in [1.807, 2.05) is 30.3 Å². The molecule has 0 spiro atoms. The van der Waals surface area contributed by atoms with Crippen molar-refractivity contribution < 1.29 is 4.79 Å². The first-order valence-corrected chi connectivity index (χ1v) is 6.39. The minimum absolute atomic E-state index is 0.139. The molecule has 0 bridgehead atoms. The van der Waals surface area contributed by atoms with E-state index in [0.717, 1.165) is 12.1 Å². The summed E-state index contributed by atoms with van der Waals surface area (Å²) < 4.78 is 0. The lowest BCUT2D eigenvalue weighted by Gasteiger charge is -2.29. The van der Waals surface area contributed by atoms with Crippen molar-refractivity contribution in [1.29, 1.82) is 0 Å². The lowest BCUT2D eigenvalue weighted by Crippen LogP contribution is -2.42. The smallest absolute Gasteiger partial charge is 0.242 e. The number of nitrogens with two attached hydrogens (primary N) is 1. The third-order valence-corrected chi connectivity index (χ3v) is 3.21. The first-order valence-electron chi connectivity index (χ1n) is 6.39. The molecule has 0 radical (unpaired) electrons. The van der Waals surface area contributed by atoms with Crippen LogP contribution >= 0.6 is 0 Å². The Morgan fingerprint density at radius 1 is 1.33 bits per heavy atom. The number of nitrogens with zero attached hydrogens (tertiary/aromatic N) is 1. The Labute approximate surface area is 109 Å². The average molecular weight is 249 g/mol. The summed E-state index contributed by atoms with van der Waals surface area (Å²) in [5.41, 5.74) is 3.27. The molecule has 1 unspecified atom stereocenters. The summed E-state index contributed by atoms with van der Waals surface area (Å²) in [6.07, 6.45) is 0. The maximum atomic E-state index is 11.9. The van der Waals surface area contributed by atoms with Crippen molar-refractivity contribution in [1.82, 2.24) is 10.3 Å². The molecule has 100 valence electrons. The van der Waals surface area contributed by atoms with Crippen LogP contribution in [0.1, 0.15) is 32.3 Å². The van der Waals surface area contributed by atoms with Gasteiger partial charge in [-0.15, -0.1) is 0 Å². The van der Waals surface area contributed by atoms with Crippen LogP contribution in [0.3, 0.4) is 0 Å². The zero-order valence-corrected chi connectivity index (χ0v) is 11.4. The molecule has 0 aliphatic heterocycles. The van der Waals surface area contributed by atoms with Crippen LogP contribution < -0.4 is 11.3 Å². The predicted octanol–water partition coefficient (Wildman–Crippen LogP) is 1.49. The normalized spacial score (nSPS) is 12.8. The van der Waals surface area contributed by atoms with Gasteiger partial charge in [0.05, 0.1) is 5.92 Å². The van der Waals surface area contributed by atoms with E-state index in [1.54, 1.807) is 0 Å². The summed E-state index contributed by atoms with van der Waals surface area (Å²) in [5.74, 6) is 4.92. The topological polar surface area (TPSA) is 58.4 Å². The monoisotopic (exact) mass is 249 g/mol. The van der Waals surface area contributed by atoms with Crippen molar-refractivity contribution in [3.8, 4) is 0 Å². The molecule has 1 aromatic carbocycles. The van der Waals surface area contributed by atoms with E-state index in [9.17, 15) is 4.79 Å². The number of amides is 1. The molecule has 0 aliphatic rings. The highest BCUT2D eigenvalue weighted by molar-refractivity contribution is 5.83. The zero-order chi connectivity index (χ0) is 13.5. The highest BCUT2D eigenvalue weighted by Crippen LogP contribution is 2.18. The number of carbonyl (C=O) groups excluding carboxylic acids is 1. The number of likely N-dealkylation sites (N-methyl/N-ethyl adjacent to an activating group) is 1. The number of hydrazine groups is 1. The second-order valence-electron chi connectivity index (χ2n) is 4.65. The van der Waals surface area contributed by atoms with Gasteiger partial charge in [-0.3, -0.25) is 10.2 Å². The summed E-state index contributed by atoms with van der Waals surface area (Å²) in [7, 11) is 0. The van der Waals surface area contributed by atoms with Gasteiger partial charge in [0.2, 0.25) is 5.91 Å². The fourth-order valence-electron chi connectivity index (χ4n) is 2.07. The lowest BCUT2D eigenvalue weighted by atomic mass is 9.97. The molecular weight excluding hydrogens is 226 g/mol. The van der Waals surface area contributed by atoms with Gasteiger partial charge in [0, 0.05) is 12.6 Å². The Morgan fingerprint density at radius 3 is 2.39 bits per heavy atom. The maximum Gasteiger partial charge on any atom is 0.242 e. The molecule has 4 nitrogen and oxygen atoms in total. The van der Waals surface area contributed by atoms with Gasteiger partial charge in [0.15, 0.2) is 0 Å². The number of hydrogen-bond acceptors (Lipinski definition) is 3. The molecule has 3 N–H and O–H groups in total. The molecule has 0 saturated carbocycles. The quantitative estimate of drug-likeness (QED) is 0.456. The summed E-state index contributed by atoms with van der Waals surface area (Å²) >= 11 is 0. The van der Waals surface area contributed by atoms with E-state index in [4.69, 9.17) is 5.84 Å². The predicted molar refractivity (Wildman–Crippen MR) is 73.9 cm³/mol. The fraction of sp³-hybridized carbons (Fsp3) is 0.500. The second kappa shape index (κ2) is 7.13. The molecule has 1 atom stereocenters.